The van der Waals surface area contributed by atoms with Gasteiger partial charge in [0.25, 0.3) is 5.91 Å². The molecule has 1 N–H and O–H groups in total. The molecule has 3 aliphatic heterocycles. The fraction of sp³-hybridized carbons (Fsp3) is 0.185. The summed E-state index contributed by atoms with van der Waals surface area (Å²) in [5, 5.41) is 2.83. The number of para-hydroxylation sites is 1. The van der Waals surface area contributed by atoms with Crippen LogP contribution in [0, 0.1) is 11.8 Å². The van der Waals surface area contributed by atoms with Gasteiger partial charge >= 0.3 is 0 Å². The van der Waals surface area contributed by atoms with Crippen LogP contribution >= 0.6 is 15.9 Å². The Kier molecular flexibility index (Phi) is 5.07. The number of nitrogens with zero attached hydrogens (tertiary/aromatic N) is 2. The Labute approximate surface area is 209 Å². The smallest absolute Gasteiger partial charge is 0.257 e. The topological polar surface area (TPSA) is 86.8 Å². The average molecular weight is 530 g/mol. The molecule has 6 rings (SSSR count). The summed E-state index contributed by atoms with van der Waals surface area (Å²) >= 11 is 3.48. The molecule has 0 aromatic heterocycles. The van der Waals surface area contributed by atoms with E-state index in [2.05, 4.69) is 21.2 Å². The van der Waals surface area contributed by atoms with E-state index in [1.807, 2.05) is 54.6 Å². The Bertz CT molecular complexity index is 1390. The van der Waals surface area contributed by atoms with Gasteiger partial charge in [0.15, 0.2) is 0 Å². The monoisotopic (exact) mass is 529 g/mol. The number of halogens is 1. The molecule has 7 nitrogen and oxygen atoms in total. The third kappa shape index (κ3) is 3.31. The SMILES string of the molecule is O=C1Nc2ccccc2C(=O)N2[C@H](c3cccc(Br)c3)[C@@H]3C(=O)N(Cc4ccccc4)C(=O)[C@@H]3[C@H]12. The van der Waals surface area contributed by atoms with E-state index in [4.69, 9.17) is 0 Å². The van der Waals surface area contributed by atoms with E-state index in [1.54, 1.807) is 24.3 Å². The third-order valence-electron chi connectivity index (χ3n) is 7.06. The average Bonchev–Trinajstić information content (AvgIpc) is 3.30. The first-order chi connectivity index (χ1) is 17.0. The molecule has 8 heteroatoms. The first-order valence-corrected chi connectivity index (χ1v) is 12.1. The van der Waals surface area contributed by atoms with Crippen LogP contribution in [0.4, 0.5) is 5.69 Å². The molecule has 4 atom stereocenters. The van der Waals surface area contributed by atoms with Crippen LogP contribution < -0.4 is 5.32 Å². The summed E-state index contributed by atoms with van der Waals surface area (Å²) in [5.41, 5.74) is 2.25. The summed E-state index contributed by atoms with van der Waals surface area (Å²) < 4.78 is 0.778. The number of carbonyl (C=O) groups excluding carboxylic acids is 4. The number of benzene rings is 3. The van der Waals surface area contributed by atoms with Crippen molar-refractivity contribution in [3.05, 3.63) is 100 Å². The molecule has 3 aliphatic rings. The van der Waals surface area contributed by atoms with Gasteiger partial charge in [-0.05, 0) is 35.4 Å². The van der Waals surface area contributed by atoms with Gasteiger partial charge in [-0.15, -0.1) is 0 Å². The van der Waals surface area contributed by atoms with Crippen LogP contribution in [0.3, 0.4) is 0 Å². The number of anilines is 1. The summed E-state index contributed by atoms with van der Waals surface area (Å²) in [7, 11) is 0. The Balaban J connectivity index is 1.50. The zero-order valence-corrected chi connectivity index (χ0v) is 20.0. The Morgan fingerprint density at radius 2 is 1.46 bits per heavy atom. The van der Waals surface area contributed by atoms with E-state index in [0.29, 0.717) is 16.8 Å². The standard InChI is InChI=1S/C27H20BrN3O4/c28-17-10-6-9-16(13-17)22-20-21(27(35)30(26(20)34)14-15-7-2-1-3-8-15)23-24(32)29-19-12-5-4-11-18(19)25(33)31(22)23/h1-13,20-23H,14H2,(H,29,32)/t20-,21+,22-,23-/m1/s1. The highest BCUT2D eigenvalue weighted by Gasteiger charge is 2.66. The quantitative estimate of drug-likeness (QED) is 0.523. The molecule has 3 heterocycles. The van der Waals surface area contributed by atoms with Gasteiger partial charge in [-0.25, -0.2) is 0 Å². The molecule has 2 fully saturated rings. The van der Waals surface area contributed by atoms with Crippen molar-refractivity contribution >= 4 is 45.2 Å². The molecule has 0 radical (unpaired) electrons. The minimum atomic E-state index is -1.10. The molecule has 174 valence electrons. The van der Waals surface area contributed by atoms with Gasteiger partial charge in [-0.1, -0.05) is 70.5 Å². The lowest BCUT2D eigenvalue weighted by atomic mass is 9.86. The predicted molar refractivity (Wildman–Crippen MR) is 131 cm³/mol. The van der Waals surface area contributed by atoms with Crippen molar-refractivity contribution in [3.63, 3.8) is 0 Å². The summed E-state index contributed by atoms with van der Waals surface area (Å²) in [4.78, 5) is 57.5. The van der Waals surface area contributed by atoms with E-state index < -0.39 is 35.7 Å². The van der Waals surface area contributed by atoms with Gasteiger partial charge in [-0.2, -0.15) is 0 Å². The van der Waals surface area contributed by atoms with E-state index in [0.717, 1.165) is 10.0 Å². The fourth-order valence-electron chi connectivity index (χ4n) is 5.60. The zero-order chi connectivity index (χ0) is 24.3. The van der Waals surface area contributed by atoms with E-state index in [1.165, 1.54) is 9.80 Å². The number of likely N-dealkylation sites (tertiary alicyclic amines) is 1. The number of hydrogen-bond donors (Lipinski definition) is 1. The van der Waals surface area contributed by atoms with Crippen molar-refractivity contribution < 1.29 is 19.2 Å². The molecule has 4 amide bonds. The lowest BCUT2D eigenvalue weighted by Gasteiger charge is -2.31. The molecule has 35 heavy (non-hydrogen) atoms. The van der Waals surface area contributed by atoms with Gasteiger partial charge in [0.1, 0.15) is 6.04 Å². The molecule has 3 aromatic carbocycles. The largest absolute Gasteiger partial charge is 0.324 e. The third-order valence-corrected chi connectivity index (χ3v) is 7.55. The number of nitrogens with one attached hydrogen (secondary N) is 1. The summed E-state index contributed by atoms with van der Waals surface area (Å²) in [6.45, 7) is 0.124. The molecular weight excluding hydrogens is 510 g/mol. The van der Waals surface area contributed by atoms with Crippen molar-refractivity contribution in [1.82, 2.24) is 9.80 Å². The van der Waals surface area contributed by atoms with Gasteiger partial charge in [0.2, 0.25) is 17.7 Å². The van der Waals surface area contributed by atoms with Crippen LogP contribution in [-0.4, -0.2) is 39.5 Å². The second-order valence-corrected chi connectivity index (χ2v) is 9.91. The zero-order valence-electron chi connectivity index (χ0n) is 18.4. The van der Waals surface area contributed by atoms with Crippen molar-refractivity contribution in [2.24, 2.45) is 11.8 Å². The maximum Gasteiger partial charge on any atom is 0.257 e. The Morgan fingerprint density at radius 3 is 2.20 bits per heavy atom. The summed E-state index contributed by atoms with van der Waals surface area (Å²) in [6, 6.07) is 21.5. The highest BCUT2D eigenvalue weighted by molar-refractivity contribution is 9.10. The lowest BCUT2D eigenvalue weighted by molar-refractivity contribution is -0.143. The maximum atomic E-state index is 13.8. The predicted octanol–water partition coefficient (Wildman–Crippen LogP) is 3.77. The van der Waals surface area contributed by atoms with Crippen molar-refractivity contribution in [2.45, 2.75) is 18.6 Å². The van der Waals surface area contributed by atoms with Gasteiger partial charge in [-0.3, -0.25) is 24.1 Å². The molecule has 3 aromatic rings. The molecule has 0 aliphatic carbocycles. The second-order valence-electron chi connectivity index (χ2n) is 8.99. The molecule has 0 spiro atoms. The molecule has 2 saturated heterocycles. The first kappa shape index (κ1) is 21.7. The number of hydrogen-bond acceptors (Lipinski definition) is 4. The number of carbonyl (C=O) groups is 4. The lowest BCUT2D eigenvalue weighted by Crippen LogP contribution is -2.48. The minimum Gasteiger partial charge on any atom is -0.324 e. The highest BCUT2D eigenvalue weighted by Crippen LogP contribution is 2.52. The fourth-order valence-corrected chi connectivity index (χ4v) is 6.02. The molecular formula is C27H20BrN3O4. The van der Waals surface area contributed by atoms with Gasteiger partial charge in [0, 0.05) is 4.47 Å². The van der Waals surface area contributed by atoms with E-state index in [-0.39, 0.29) is 18.4 Å². The van der Waals surface area contributed by atoms with Crippen LogP contribution in [0.1, 0.15) is 27.5 Å². The minimum absolute atomic E-state index is 0.124. The number of rotatable bonds is 3. The normalized spacial score (nSPS) is 25.2. The van der Waals surface area contributed by atoms with Crippen LogP contribution in [0.2, 0.25) is 0 Å². The van der Waals surface area contributed by atoms with Crippen molar-refractivity contribution in [1.29, 1.82) is 0 Å². The first-order valence-electron chi connectivity index (χ1n) is 11.3. The highest BCUT2D eigenvalue weighted by atomic mass is 79.9. The van der Waals surface area contributed by atoms with Crippen LogP contribution in [0.5, 0.6) is 0 Å². The maximum absolute atomic E-state index is 13.8. The summed E-state index contributed by atoms with van der Waals surface area (Å²) in [6.07, 6.45) is 0. The Hall–Kier alpha value is -3.78. The summed E-state index contributed by atoms with van der Waals surface area (Å²) in [5.74, 6) is -3.45. The van der Waals surface area contributed by atoms with Gasteiger partial charge in [0.05, 0.1) is 35.7 Å². The van der Waals surface area contributed by atoms with Gasteiger partial charge < -0.3 is 10.2 Å². The number of amides is 4. The van der Waals surface area contributed by atoms with Crippen LogP contribution in [0.15, 0.2) is 83.3 Å². The molecule has 0 saturated carbocycles. The second kappa shape index (κ2) is 8.16. The van der Waals surface area contributed by atoms with Crippen molar-refractivity contribution in [3.8, 4) is 0 Å². The number of imide groups is 1. The number of fused-ring (bicyclic) bond motifs is 4. The van der Waals surface area contributed by atoms with Crippen LogP contribution in [-0.2, 0) is 20.9 Å². The van der Waals surface area contributed by atoms with Crippen molar-refractivity contribution in [2.75, 3.05) is 5.32 Å². The molecule has 0 bridgehead atoms. The van der Waals surface area contributed by atoms with Crippen LogP contribution in [0.25, 0.3) is 0 Å². The Morgan fingerprint density at radius 1 is 0.771 bits per heavy atom. The van der Waals surface area contributed by atoms with E-state index >= 15 is 0 Å². The van der Waals surface area contributed by atoms with E-state index in [9.17, 15) is 19.2 Å². The molecule has 0 unspecified atom stereocenters.